The molecule has 1 atom stereocenters. The fourth-order valence-corrected chi connectivity index (χ4v) is 3.50. The first kappa shape index (κ1) is 19.9. The number of aromatic nitrogens is 1. The monoisotopic (exact) mass is 404 g/mol. The Morgan fingerprint density at radius 3 is 2.50 bits per heavy atom. The maximum absolute atomic E-state index is 13.5. The van der Waals surface area contributed by atoms with Crippen molar-refractivity contribution in [1.82, 2.24) is 9.88 Å². The van der Waals surface area contributed by atoms with Gasteiger partial charge in [-0.15, -0.1) is 0 Å². The van der Waals surface area contributed by atoms with E-state index in [9.17, 15) is 4.79 Å². The van der Waals surface area contributed by atoms with Gasteiger partial charge in [-0.2, -0.15) is 0 Å². The molecule has 1 aliphatic rings. The summed E-state index contributed by atoms with van der Waals surface area (Å²) < 4.78 is 16.9. The lowest BCUT2D eigenvalue weighted by Gasteiger charge is -2.28. The van der Waals surface area contributed by atoms with Gasteiger partial charge in [-0.25, -0.2) is 0 Å². The van der Waals surface area contributed by atoms with Gasteiger partial charge in [-0.3, -0.25) is 9.78 Å². The number of carbonyl (C=O) groups is 1. The van der Waals surface area contributed by atoms with Gasteiger partial charge in [-0.1, -0.05) is 42.5 Å². The average Bonchev–Trinajstić information content (AvgIpc) is 2.80. The zero-order chi connectivity index (χ0) is 20.8. The number of hydrogen-bond donors (Lipinski definition) is 0. The number of amides is 1. The highest BCUT2D eigenvalue weighted by Crippen LogP contribution is 2.31. The Labute approximate surface area is 176 Å². The number of rotatable bonds is 7. The smallest absolute Gasteiger partial charge is 0.256 e. The first-order chi connectivity index (χ1) is 14.7. The fraction of sp³-hybridized carbons (Fsp3) is 0.250. The highest BCUT2D eigenvalue weighted by Gasteiger charge is 2.26. The maximum Gasteiger partial charge on any atom is 0.256 e. The number of benzene rings is 2. The molecule has 1 aliphatic heterocycles. The van der Waals surface area contributed by atoms with Crippen molar-refractivity contribution >= 4 is 5.91 Å². The highest BCUT2D eigenvalue weighted by molar-refractivity contribution is 5.82. The van der Waals surface area contributed by atoms with E-state index in [1.165, 1.54) is 0 Å². The normalized spacial score (nSPS) is 13.5. The minimum absolute atomic E-state index is 0.109. The van der Waals surface area contributed by atoms with Gasteiger partial charge < -0.3 is 19.1 Å². The molecule has 4 rings (SSSR count). The molecular formula is C24H24N2O4. The van der Waals surface area contributed by atoms with Crippen molar-refractivity contribution < 1.29 is 19.0 Å². The molecule has 0 radical (unpaired) electrons. The molecule has 0 spiro atoms. The van der Waals surface area contributed by atoms with Crippen LogP contribution in [0.15, 0.2) is 73.1 Å². The third-order valence-electron chi connectivity index (χ3n) is 4.95. The standard InChI is InChI=1S/C24H24N2O4/c1-28-23(20-7-3-2-4-8-20)24(27)26(17-19-6-5-11-25-15-19)16-18-9-10-21-22(14-18)30-13-12-29-21/h2-11,14-15,23H,12-13,16-17H2,1H3/t23-/m0/s1. The molecule has 1 aromatic heterocycles. The molecule has 30 heavy (non-hydrogen) atoms. The summed E-state index contributed by atoms with van der Waals surface area (Å²) >= 11 is 0. The molecule has 6 heteroatoms. The average molecular weight is 404 g/mol. The number of ether oxygens (including phenoxy) is 3. The van der Waals surface area contributed by atoms with Gasteiger partial charge in [-0.05, 0) is 34.9 Å². The van der Waals surface area contributed by atoms with Gasteiger partial charge in [0.1, 0.15) is 13.2 Å². The lowest BCUT2D eigenvalue weighted by Crippen LogP contribution is -2.35. The predicted molar refractivity (Wildman–Crippen MR) is 112 cm³/mol. The summed E-state index contributed by atoms with van der Waals surface area (Å²) in [6.45, 7) is 1.91. The van der Waals surface area contributed by atoms with Crippen LogP contribution >= 0.6 is 0 Å². The molecule has 1 amide bonds. The van der Waals surface area contributed by atoms with Gasteiger partial charge in [0.15, 0.2) is 17.6 Å². The van der Waals surface area contributed by atoms with Crippen LogP contribution in [-0.2, 0) is 22.6 Å². The van der Waals surface area contributed by atoms with Crippen molar-refractivity contribution in [3.05, 3.63) is 89.7 Å². The summed E-state index contributed by atoms with van der Waals surface area (Å²) in [5.41, 5.74) is 2.73. The molecule has 2 aromatic carbocycles. The molecule has 0 N–H and O–H groups in total. The second-order valence-electron chi connectivity index (χ2n) is 7.06. The summed E-state index contributed by atoms with van der Waals surface area (Å²) in [6.07, 6.45) is 2.81. The number of methoxy groups -OCH3 is 1. The third-order valence-corrected chi connectivity index (χ3v) is 4.95. The van der Waals surface area contributed by atoms with Crippen LogP contribution in [0.2, 0.25) is 0 Å². The number of carbonyl (C=O) groups excluding carboxylic acids is 1. The quantitative estimate of drug-likeness (QED) is 0.600. The summed E-state index contributed by atoms with van der Waals surface area (Å²) in [4.78, 5) is 19.5. The van der Waals surface area contributed by atoms with Crippen molar-refractivity contribution in [1.29, 1.82) is 0 Å². The van der Waals surface area contributed by atoms with Crippen LogP contribution in [0.3, 0.4) is 0 Å². The molecule has 154 valence electrons. The van der Waals surface area contributed by atoms with E-state index in [4.69, 9.17) is 14.2 Å². The molecule has 6 nitrogen and oxygen atoms in total. The Balaban J connectivity index is 1.61. The summed E-state index contributed by atoms with van der Waals surface area (Å²) in [5, 5.41) is 0. The van der Waals surface area contributed by atoms with Crippen LogP contribution < -0.4 is 9.47 Å². The minimum Gasteiger partial charge on any atom is -0.486 e. The van der Waals surface area contributed by atoms with Crippen molar-refractivity contribution in [2.24, 2.45) is 0 Å². The van der Waals surface area contributed by atoms with Crippen molar-refractivity contribution in [2.45, 2.75) is 19.2 Å². The van der Waals surface area contributed by atoms with Crippen LogP contribution in [0.1, 0.15) is 22.8 Å². The lowest BCUT2D eigenvalue weighted by molar-refractivity contribution is -0.143. The van der Waals surface area contributed by atoms with E-state index < -0.39 is 6.10 Å². The first-order valence-electron chi connectivity index (χ1n) is 9.88. The van der Waals surface area contributed by atoms with E-state index >= 15 is 0 Å². The number of hydrogen-bond acceptors (Lipinski definition) is 5. The molecular weight excluding hydrogens is 380 g/mol. The van der Waals surface area contributed by atoms with Crippen LogP contribution in [0.5, 0.6) is 11.5 Å². The summed E-state index contributed by atoms with van der Waals surface area (Å²) in [6, 6.07) is 19.1. The molecule has 2 heterocycles. The lowest BCUT2D eigenvalue weighted by atomic mass is 10.1. The van der Waals surface area contributed by atoms with Gasteiger partial charge >= 0.3 is 0 Å². The topological polar surface area (TPSA) is 60.9 Å². The van der Waals surface area contributed by atoms with Crippen LogP contribution in [0.4, 0.5) is 0 Å². The molecule has 0 saturated carbocycles. The predicted octanol–water partition coefficient (Wildman–Crippen LogP) is 3.77. The van der Waals surface area contributed by atoms with E-state index in [-0.39, 0.29) is 5.91 Å². The second kappa shape index (κ2) is 9.41. The Bertz CT molecular complexity index is 979. The first-order valence-corrected chi connectivity index (χ1v) is 9.88. The maximum atomic E-state index is 13.5. The molecule has 0 fully saturated rings. The van der Waals surface area contributed by atoms with E-state index in [1.807, 2.05) is 60.7 Å². The molecule has 0 bridgehead atoms. The van der Waals surface area contributed by atoms with Gasteiger partial charge in [0, 0.05) is 32.6 Å². The second-order valence-corrected chi connectivity index (χ2v) is 7.06. The number of fused-ring (bicyclic) bond motifs is 1. The molecule has 3 aromatic rings. The number of pyridine rings is 1. The Kier molecular flexibility index (Phi) is 6.25. The SMILES string of the molecule is CO[C@H](C(=O)N(Cc1cccnc1)Cc1ccc2c(c1)OCCO2)c1ccccc1. The van der Waals surface area contributed by atoms with Crippen molar-refractivity contribution in [3.63, 3.8) is 0 Å². The molecule has 0 unspecified atom stereocenters. The van der Waals surface area contributed by atoms with Crippen LogP contribution in [-0.4, -0.2) is 36.1 Å². The highest BCUT2D eigenvalue weighted by atomic mass is 16.6. The van der Waals surface area contributed by atoms with Gasteiger partial charge in [0.2, 0.25) is 0 Å². The Morgan fingerprint density at radius 1 is 1.00 bits per heavy atom. The molecule has 0 saturated heterocycles. The van der Waals surface area contributed by atoms with E-state index in [2.05, 4.69) is 4.98 Å². The zero-order valence-electron chi connectivity index (χ0n) is 16.9. The van der Waals surface area contributed by atoms with Crippen molar-refractivity contribution in [2.75, 3.05) is 20.3 Å². The van der Waals surface area contributed by atoms with Gasteiger partial charge in [0.25, 0.3) is 5.91 Å². The summed E-state index contributed by atoms with van der Waals surface area (Å²) in [5.74, 6) is 1.33. The third kappa shape index (κ3) is 4.60. The van der Waals surface area contributed by atoms with E-state index in [1.54, 1.807) is 24.4 Å². The molecule has 0 aliphatic carbocycles. The largest absolute Gasteiger partial charge is 0.486 e. The Morgan fingerprint density at radius 2 is 1.77 bits per heavy atom. The van der Waals surface area contributed by atoms with E-state index in [0.717, 1.165) is 22.4 Å². The minimum atomic E-state index is -0.680. The van der Waals surface area contributed by atoms with Crippen molar-refractivity contribution in [3.8, 4) is 11.5 Å². The van der Waals surface area contributed by atoms with Crippen LogP contribution in [0.25, 0.3) is 0 Å². The Hall–Kier alpha value is -3.38. The van der Waals surface area contributed by atoms with Crippen LogP contribution in [0, 0.1) is 0 Å². The van der Waals surface area contributed by atoms with E-state index in [0.29, 0.717) is 32.1 Å². The number of nitrogens with zero attached hydrogens (tertiary/aromatic N) is 2. The zero-order valence-corrected chi connectivity index (χ0v) is 16.9. The van der Waals surface area contributed by atoms with Gasteiger partial charge in [0.05, 0.1) is 0 Å². The summed E-state index contributed by atoms with van der Waals surface area (Å²) in [7, 11) is 1.56. The fourth-order valence-electron chi connectivity index (χ4n) is 3.50.